The Labute approximate surface area is 133 Å². The minimum atomic E-state index is 0.351. The van der Waals surface area contributed by atoms with Gasteiger partial charge in [-0.05, 0) is 70.0 Å². The summed E-state index contributed by atoms with van der Waals surface area (Å²) in [5.41, 5.74) is 2.64. The van der Waals surface area contributed by atoms with Crippen LogP contribution >= 0.6 is 27.3 Å². The van der Waals surface area contributed by atoms with Gasteiger partial charge in [-0.1, -0.05) is 19.1 Å². The second kappa shape index (κ2) is 7.81. The first kappa shape index (κ1) is 15.5. The lowest BCUT2D eigenvalue weighted by Crippen LogP contribution is -2.23. The summed E-state index contributed by atoms with van der Waals surface area (Å²) in [6.07, 6.45) is 2.11. The molecule has 0 saturated carbocycles. The van der Waals surface area contributed by atoms with Crippen molar-refractivity contribution >= 4 is 27.3 Å². The molecule has 2 nitrogen and oxygen atoms in total. The third-order valence-corrected chi connectivity index (χ3v) is 4.73. The Kier molecular flexibility index (Phi) is 6.07. The molecule has 108 valence electrons. The van der Waals surface area contributed by atoms with Crippen molar-refractivity contribution < 1.29 is 4.74 Å². The van der Waals surface area contributed by atoms with Crippen molar-refractivity contribution in [1.29, 1.82) is 0 Å². The number of benzene rings is 1. The second-order valence-electron chi connectivity index (χ2n) is 4.75. The molecule has 2 rings (SSSR count). The van der Waals surface area contributed by atoms with Crippen LogP contribution < -0.4 is 10.1 Å². The number of methoxy groups -OCH3 is 1. The predicted octanol–water partition coefficient (Wildman–Crippen LogP) is 4.80. The third kappa shape index (κ3) is 4.33. The summed E-state index contributed by atoms with van der Waals surface area (Å²) < 4.78 is 6.48. The van der Waals surface area contributed by atoms with Crippen molar-refractivity contribution in [2.24, 2.45) is 0 Å². The normalized spacial score (nSPS) is 12.3. The van der Waals surface area contributed by atoms with Crippen LogP contribution in [0.5, 0.6) is 5.75 Å². The molecule has 0 aliphatic carbocycles. The third-order valence-electron chi connectivity index (χ3n) is 3.20. The Balaban J connectivity index is 2.14. The van der Waals surface area contributed by atoms with Gasteiger partial charge in [0.25, 0.3) is 0 Å². The van der Waals surface area contributed by atoms with E-state index in [-0.39, 0.29) is 0 Å². The first-order chi connectivity index (χ1) is 9.72. The summed E-state index contributed by atoms with van der Waals surface area (Å²) in [6.45, 7) is 3.22. The Bertz CT molecular complexity index is 541. The molecule has 0 fully saturated rings. The number of halogens is 1. The fourth-order valence-corrected chi connectivity index (χ4v) is 3.40. The standard InChI is InChI=1S/C16H20BrNOS/c1-3-7-18-15(13-10-16(17)20-11-13)9-12-5-4-6-14(8-12)19-2/h4-6,8,10-11,15,18H,3,7,9H2,1-2H3. The molecule has 1 N–H and O–H groups in total. The van der Waals surface area contributed by atoms with E-state index in [9.17, 15) is 0 Å². The van der Waals surface area contributed by atoms with Crippen LogP contribution in [0.4, 0.5) is 0 Å². The average Bonchev–Trinajstić information content (AvgIpc) is 2.90. The molecule has 0 aliphatic heterocycles. The van der Waals surface area contributed by atoms with Gasteiger partial charge < -0.3 is 10.1 Å². The molecular weight excluding hydrogens is 334 g/mol. The van der Waals surface area contributed by atoms with Crippen LogP contribution in [0.1, 0.15) is 30.5 Å². The predicted molar refractivity (Wildman–Crippen MR) is 89.8 cm³/mol. The van der Waals surface area contributed by atoms with Gasteiger partial charge in [-0.2, -0.15) is 0 Å². The molecule has 0 saturated heterocycles. The molecular formula is C16H20BrNOS. The Hall–Kier alpha value is -0.840. The molecule has 1 aromatic heterocycles. The minimum Gasteiger partial charge on any atom is -0.497 e. The van der Waals surface area contributed by atoms with Gasteiger partial charge in [0.1, 0.15) is 5.75 Å². The summed E-state index contributed by atoms with van der Waals surface area (Å²) in [5, 5.41) is 5.85. The van der Waals surface area contributed by atoms with Crippen molar-refractivity contribution in [2.45, 2.75) is 25.8 Å². The largest absolute Gasteiger partial charge is 0.497 e. The van der Waals surface area contributed by atoms with Crippen molar-refractivity contribution in [3.05, 3.63) is 50.6 Å². The van der Waals surface area contributed by atoms with Crippen molar-refractivity contribution in [3.8, 4) is 5.75 Å². The van der Waals surface area contributed by atoms with E-state index in [1.54, 1.807) is 18.4 Å². The zero-order valence-corrected chi connectivity index (χ0v) is 14.3. The molecule has 0 bridgehead atoms. The molecule has 0 radical (unpaired) electrons. The molecule has 1 heterocycles. The summed E-state index contributed by atoms with van der Waals surface area (Å²) in [5.74, 6) is 0.920. The highest BCUT2D eigenvalue weighted by atomic mass is 79.9. The van der Waals surface area contributed by atoms with Crippen LogP contribution in [0.2, 0.25) is 0 Å². The summed E-state index contributed by atoms with van der Waals surface area (Å²) >= 11 is 5.28. The Morgan fingerprint density at radius 2 is 2.20 bits per heavy atom. The van der Waals surface area contributed by atoms with Crippen molar-refractivity contribution in [1.82, 2.24) is 5.32 Å². The van der Waals surface area contributed by atoms with E-state index in [1.807, 2.05) is 6.07 Å². The number of rotatable bonds is 7. The van der Waals surface area contributed by atoms with E-state index in [0.29, 0.717) is 6.04 Å². The van der Waals surface area contributed by atoms with E-state index in [1.165, 1.54) is 14.9 Å². The highest BCUT2D eigenvalue weighted by Gasteiger charge is 2.13. The monoisotopic (exact) mass is 353 g/mol. The fourth-order valence-electron chi connectivity index (χ4n) is 2.17. The van der Waals surface area contributed by atoms with Gasteiger partial charge >= 0.3 is 0 Å². The summed E-state index contributed by atoms with van der Waals surface area (Å²) in [4.78, 5) is 0. The highest BCUT2D eigenvalue weighted by Crippen LogP contribution is 2.28. The van der Waals surface area contributed by atoms with Crippen LogP contribution in [-0.4, -0.2) is 13.7 Å². The number of hydrogen-bond donors (Lipinski definition) is 1. The molecule has 4 heteroatoms. The first-order valence-electron chi connectivity index (χ1n) is 6.83. The molecule has 1 aromatic carbocycles. The molecule has 20 heavy (non-hydrogen) atoms. The lowest BCUT2D eigenvalue weighted by Gasteiger charge is -2.18. The molecule has 0 spiro atoms. The zero-order valence-electron chi connectivity index (χ0n) is 11.9. The van der Waals surface area contributed by atoms with E-state index >= 15 is 0 Å². The lowest BCUT2D eigenvalue weighted by atomic mass is 10.0. The van der Waals surface area contributed by atoms with Gasteiger partial charge in [-0.25, -0.2) is 0 Å². The van der Waals surface area contributed by atoms with E-state index < -0.39 is 0 Å². The van der Waals surface area contributed by atoms with Crippen LogP contribution in [0.25, 0.3) is 0 Å². The number of thiophene rings is 1. The minimum absolute atomic E-state index is 0.351. The van der Waals surface area contributed by atoms with Gasteiger partial charge in [0.15, 0.2) is 0 Å². The molecule has 0 aliphatic rings. The van der Waals surface area contributed by atoms with E-state index in [2.05, 4.69) is 57.8 Å². The lowest BCUT2D eigenvalue weighted by molar-refractivity contribution is 0.413. The van der Waals surface area contributed by atoms with Crippen molar-refractivity contribution in [2.75, 3.05) is 13.7 Å². The van der Waals surface area contributed by atoms with Gasteiger partial charge in [0, 0.05) is 6.04 Å². The first-order valence-corrected chi connectivity index (χ1v) is 8.50. The average molecular weight is 354 g/mol. The number of nitrogens with one attached hydrogen (secondary N) is 1. The highest BCUT2D eigenvalue weighted by molar-refractivity contribution is 9.11. The topological polar surface area (TPSA) is 21.3 Å². The maximum atomic E-state index is 5.30. The van der Waals surface area contributed by atoms with Gasteiger partial charge in [0.05, 0.1) is 10.9 Å². The Morgan fingerprint density at radius 1 is 1.35 bits per heavy atom. The molecule has 0 amide bonds. The quantitative estimate of drug-likeness (QED) is 0.771. The smallest absolute Gasteiger partial charge is 0.119 e. The van der Waals surface area contributed by atoms with Gasteiger partial charge in [-0.3, -0.25) is 0 Å². The summed E-state index contributed by atoms with van der Waals surface area (Å²) in [7, 11) is 1.71. The zero-order chi connectivity index (χ0) is 14.4. The van der Waals surface area contributed by atoms with Crippen LogP contribution in [0, 0.1) is 0 Å². The number of ether oxygens (including phenoxy) is 1. The van der Waals surface area contributed by atoms with E-state index in [4.69, 9.17) is 4.74 Å². The maximum absolute atomic E-state index is 5.30. The summed E-state index contributed by atoms with van der Waals surface area (Å²) in [6, 6.07) is 10.9. The van der Waals surface area contributed by atoms with Gasteiger partial charge in [-0.15, -0.1) is 11.3 Å². The van der Waals surface area contributed by atoms with Crippen LogP contribution in [0.3, 0.4) is 0 Å². The Morgan fingerprint density at radius 3 is 2.85 bits per heavy atom. The van der Waals surface area contributed by atoms with E-state index in [0.717, 1.165) is 25.1 Å². The molecule has 1 atom stereocenters. The molecule has 1 unspecified atom stereocenters. The maximum Gasteiger partial charge on any atom is 0.119 e. The molecule has 2 aromatic rings. The fraction of sp³-hybridized carbons (Fsp3) is 0.375. The van der Waals surface area contributed by atoms with Crippen molar-refractivity contribution in [3.63, 3.8) is 0 Å². The van der Waals surface area contributed by atoms with Gasteiger partial charge in [0.2, 0.25) is 0 Å². The number of hydrogen-bond acceptors (Lipinski definition) is 3. The van der Waals surface area contributed by atoms with Crippen LogP contribution in [-0.2, 0) is 6.42 Å². The SMILES string of the molecule is CCCNC(Cc1cccc(OC)c1)c1csc(Br)c1. The second-order valence-corrected chi connectivity index (χ2v) is 7.04. The van der Waals surface area contributed by atoms with Crippen LogP contribution in [0.15, 0.2) is 39.5 Å².